The Morgan fingerprint density at radius 1 is 1.22 bits per heavy atom. The van der Waals surface area contributed by atoms with Gasteiger partial charge in [0.2, 0.25) is 0 Å². The molecule has 0 unspecified atom stereocenters. The summed E-state index contributed by atoms with van der Waals surface area (Å²) in [6.45, 7) is 2.51. The van der Waals surface area contributed by atoms with Crippen LogP contribution in [0.2, 0.25) is 0 Å². The van der Waals surface area contributed by atoms with Crippen LogP contribution in [0.25, 0.3) is 21.0 Å². The number of carbonyl (C=O) groups is 1. The number of rotatable bonds is 4. The standard InChI is InChI=1S/C19H16N4O3S/c1-3-26-11-8-9-14-15(10-11)27-19(20-14)21-17(24)16-12-6-4-5-7-13(12)18(25)23(2)22-16/h4-10H,3H2,1-2H3,(H,20,21,24). The number of hydrogen-bond acceptors (Lipinski definition) is 6. The number of nitrogens with one attached hydrogen (secondary N) is 1. The first-order valence-electron chi connectivity index (χ1n) is 8.37. The van der Waals surface area contributed by atoms with Crippen LogP contribution in [0.3, 0.4) is 0 Å². The maximum atomic E-state index is 12.8. The van der Waals surface area contributed by atoms with Crippen molar-refractivity contribution in [1.82, 2.24) is 14.8 Å². The summed E-state index contributed by atoms with van der Waals surface area (Å²) in [5.41, 5.74) is 0.713. The van der Waals surface area contributed by atoms with Gasteiger partial charge in [-0.25, -0.2) is 9.67 Å². The van der Waals surface area contributed by atoms with Gasteiger partial charge in [0.25, 0.3) is 11.5 Å². The van der Waals surface area contributed by atoms with Crippen molar-refractivity contribution in [3.05, 3.63) is 58.5 Å². The highest BCUT2D eigenvalue weighted by molar-refractivity contribution is 7.22. The van der Waals surface area contributed by atoms with Crippen LogP contribution in [0, 0.1) is 0 Å². The van der Waals surface area contributed by atoms with Gasteiger partial charge >= 0.3 is 0 Å². The maximum absolute atomic E-state index is 12.8. The molecule has 0 radical (unpaired) electrons. The van der Waals surface area contributed by atoms with Crippen molar-refractivity contribution < 1.29 is 9.53 Å². The molecule has 4 rings (SSSR count). The van der Waals surface area contributed by atoms with Gasteiger partial charge in [-0.05, 0) is 31.2 Å². The number of aromatic nitrogens is 3. The van der Waals surface area contributed by atoms with Gasteiger partial charge in [-0.3, -0.25) is 14.9 Å². The van der Waals surface area contributed by atoms with Gasteiger partial charge in [-0.1, -0.05) is 29.5 Å². The first-order chi connectivity index (χ1) is 13.1. The normalized spacial score (nSPS) is 11.0. The number of hydrogen-bond donors (Lipinski definition) is 1. The average molecular weight is 380 g/mol. The monoisotopic (exact) mass is 380 g/mol. The van der Waals surface area contributed by atoms with E-state index in [0.717, 1.165) is 16.0 Å². The third-order valence-corrected chi connectivity index (χ3v) is 5.00. The van der Waals surface area contributed by atoms with Gasteiger partial charge < -0.3 is 4.74 Å². The predicted molar refractivity (Wildman–Crippen MR) is 106 cm³/mol. The Hall–Kier alpha value is -3.26. The largest absolute Gasteiger partial charge is 0.494 e. The van der Waals surface area contributed by atoms with Crippen molar-refractivity contribution >= 4 is 43.4 Å². The maximum Gasteiger partial charge on any atom is 0.278 e. The molecule has 7 nitrogen and oxygen atoms in total. The van der Waals surface area contributed by atoms with Gasteiger partial charge in [-0.2, -0.15) is 5.10 Å². The van der Waals surface area contributed by atoms with Crippen molar-refractivity contribution in [2.24, 2.45) is 7.05 Å². The van der Waals surface area contributed by atoms with Crippen LogP contribution in [0.4, 0.5) is 5.13 Å². The van der Waals surface area contributed by atoms with Crippen molar-refractivity contribution in [1.29, 1.82) is 0 Å². The van der Waals surface area contributed by atoms with E-state index < -0.39 is 5.91 Å². The minimum atomic E-state index is -0.411. The fourth-order valence-electron chi connectivity index (χ4n) is 2.84. The second-order valence-electron chi connectivity index (χ2n) is 5.86. The van der Waals surface area contributed by atoms with E-state index in [1.54, 1.807) is 24.3 Å². The number of thiazole rings is 1. The Morgan fingerprint density at radius 3 is 2.78 bits per heavy atom. The molecular weight excluding hydrogens is 364 g/mol. The smallest absolute Gasteiger partial charge is 0.278 e. The van der Waals surface area contributed by atoms with Crippen molar-refractivity contribution in [3.63, 3.8) is 0 Å². The highest BCUT2D eigenvalue weighted by Crippen LogP contribution is 2.29. The third kappa shape index (κ3) is 3.15. The first-order valence-corrected chi connectivity index (χ1v) is 9.19. The zero-order valence-corrected chi connectivity index (χ0v) is 15.5. The van der Waals surface area contributed by atoms with Crippen LogP contribution < -0.4 is 15.6 Å². The molecule has 0 aliphatic carbocycles. The summed E-state index contributed by atoms with van der Waals surface area (Å²) in [7, 11) is 1.53. The minimum absolute atomic E-state index is 0.182. The Labute approximate surface area is 158 Å². The summed E-state index contributed by atoms with van der Waals surface area (Å²) in [4.78, 5) is 29.4. The first kappa shape index (κ1) is 17.2. The van der Waals surface area contributed by atoms with E-state index in [9.17, 15) is 9.59 Å². The summed E-state index contributed by atoms with van der Waals surface area (Å²) in [5, 5.41) is 8.35. The van der Waals surface area contributed by atoms with Gasteiger partial charge in [0.05, 0.1) is 22.2 Å². The van der Waals surface area contributed by atoms with Crippen LogP contribution in [0.1, 0.15) is 17.4 Å². The quantitative estimate of drug-likeness (QED) is 0.588. The Morgan fingerprint density at radius 2 is 2.00 bits per heavy atom. The predicted octanol–water partition coefficient (Wildman–Crippen LogP) is 3.19. The number of aryl methyl sites for hydroxylation is 1. The second-order valence-corrected chi connectivity index (χ2v) is 6.89. The molecule has 2 aromatic heterocycles. The van der Waals surface area contributed by atoms with E-state index in [1.807, 2.05) is 25.1 Å². The lowest BCUT2D eigenvalue weighted by Crippen LogP contribution is -2.25. The van der Waals surface area contributed by atoms with Crippen molar-refractivity contribution in [3.8, 4) is 5.75 Å². The summed E-state index contributed by atoms with van der Waals surface area (Å²) in [5.74, 6) is 0.350. The highest BCUT2D eigenvalue weighted by atomic mass is 32.1. The fourth-order valence-corrected chi connectivity index (χ4v) is 3.73. The molecule has 1 N–H and O–H groups in total. The highest BCUT2D eigenvalue weighted by Gasteiger charge is 2.17. The number of anilines is 1. The van der Waals surface area contributed by atoms with Crippen LogP contribution in [0.5, 0.6) is 5.75 Å². The van der Waals surface area contributed by atoms with Crippen molar-refractivity contribution in [2.75, 3.05) is 11.9 Å². The second kappa shape index (κ2) is 6.81. The third-order valence-electron chi connectivity index (χ3n) is 4.06. The van der Waals surface area contributed by atoms with Crippen molar-refractivity contribution in [2.45, 2.75) is 6.92 Å². The minimum Gasteiger partial charge on any atom is -0.494 e. The van der Waals surface area contributed by atoms with Gasteiger partial charge in [-0.15, -0.1) is 0 Å². The number of nitrogens with zero attached hydrogens (tertiary/aromatic N) is 3. The zero-order chi connectivity index (χ0) is 19.0. The van der Waals surface area contributed by atoms with Crippen LogP contribution in [-0.4, -0.2) is 27.3 Å². The number of carbonyl (C=O) groups excluding carboxylic acids is 1. The van der Waals surface area contributed by atoms with Gasteiger partial charge in [0, 0.05) is 12.4 Å². The van der Waals surface area contributed by atoms with E-state index in [-0.39, 0.29) is 11.3 Å². The van der Waals surface area contributed by atoms with Gasteiger partial charge in [0.1, 0.15) is 5.75 Å². The lowest BCUT2D eigenvalue weighted by atomic mass is 10.1. The van der Waals surface area contributed by atoms with E-state index in [0.29, 0.717) is 22.5 Å². The molecule has 0 fully saturated rings. The fraction of sp³-hybridized carbons (Fsp3) is 0.158. The Balaban J connectivity index is 1.70. The van der Waals surface area contributed by atoms with E-state index in [4.69, 9.17) is 4.74 Å². The summed E-state index contributed by atoms with van der Waals surface area (Å²) in [6, 6.07) is 12.5. The molecular formula is C19H16N4O3S. The van der Waals surface area contributed by atoms with Crippen LogP contribution >= 0.6 is 11.3 Å². The molecule has 136 valence electrons. The molecule has 27 heavy (non-hydrogen) atoms. The molecule has 1 amide bonds. The molecule has 2 aromatic carbocycles. The molecule has 0 aliphatic rings. The molecule has 0 bridgehead atoms. The lowest BCUT2D eigenvalue weighted by Gasteiger charge is -2.07. The van der Waals surface area contributed by atoms with E-state index >= 15 is 0 Å². The molecule has 8 heteroatoms. The number of amides is 1. The average Bonchev–Trinajstić information content (AvgIpc) is 3.06. The molecule has 0 spiro atoms. The summed E-state index contributed by atoms with van der Waals surface area (Å²) >= 11 is 1.35. The van der Waals surface area contributed by atoms with Gasteiger partial charge in [0.15, 0.2) is 10.8 Å². The Kier molecular flexibility index (Phi) is 4.33. The lowest BCUT2D eigenvalue weighted by molar-refractivity contribution is 0.102. The SMILES string of the molecule is CCOc1ccc2nc(NC(=O)c3nn(C)c(=O)c4ccccc34)sc2c1. The molecule has 0 saturated carbocycles. The number of benzene rings is 2. The van der Waals surface area contributed by atoms with Crippen LogP contribution in [0.15, 0.2) is 47.3 Å². The van der Waals surface area contributed by atoms with E-state index in [2.05, 4.69) is 15.4 Å². The number of ether oxygens (including phenoxy) is 1. The molecule has 0 atom stereocenters. The van der Waals surface area contributed by atoms with Crippen LogP contribution in [-0.2, 0) is 7.05 Å². The number of fused-ring (bicyclic) bond motifs is 2. The Bertz CT molecular complexity index is 1230. The molecule has 0 saturated heterocycles. The molecule has 0 aliphatic heterocycles. The molecule has 2 heterocycles. The zero-order valence-electron chi connectivity index (χ0n) is 14.7. The topological polar surface area (TPSA) is 86.1 Å². The summed E-state index contributed by atoms with van der Waals surface area (Å²) in [6.07, 6.45) is 0. The molecule has 4 aromatic rings. The summed E-state index contributed by atoms with van der Waals surface area (Å²) < 4.78 is 7.58. The van der Waals surface area contributed by atoms with E-state index in [1.165, 1.54) is 23.1 Å².